The van der Waals surface area contributed by atoms with Crippen LogP contribution in [0.4, 0.5) is 10.5 Å². The molecule has 0 unspecified atom stereocenters. The molecule has 1 aromatic heterocycles. The zero-order valence-electron chi connectivity index (χ0n) is 12.3. The SMILES string of the molecule is CN(C(N)=O)c1c(C(=O)c2ccccc2)[nH]c2cc(Cl)ccc12. The van der Waals surface area contributed by atoms with Crippen molar-refractivity contribution in [2.24, 2.45) is 5.73 Å². The number of H-pyrrole nitrogens is 1. The molecule has 0 aliphatic carbocycles. The number of aromatic amines is 1. The van der Waals surface area contributed by atoms with Gasteiger partial charge < -0.3 is 10.7 Å². The van der Waals surface area contributed by atoms with Crippen LogP contribution in [0.5, 0.6) is 0 Å². The Bertz CT molecular complexity index is 903. The maximum Gasteiger partial charge on any atom is 0.319 e. The number of nitrogens with one attached hydrogen (secondary N) is 1. The van der Waals surface area contributed by atoms with Gasteiger partial charge >= 0.3 is 6.03 Å². The molecule has 0 fully saturated rings. The molecule has 0 atom stereocenters. The van der Waals surface area contributed by atoms with Crippen molar-refractivity contribution in [3.8, 4) is 0 Å². The summed E-state index contributed by atoms with van der Waals surface area (Å²) in [6.45, 7) is 0. The fourth-order valence-corrected chi connectivity index (χ4v) is 2.68. The van der Waals surface area contributed by atoms with E-state index in [-0.39, 0.29) is 5.78 Å². The molecule has 6 heteroatoms. The highest BCUT2D eigenvalue weighted by Gasteiger charge is 2.23. The van der Waals surface area contributed by atoms with E-state index in [1.54, 1.807) is 42.5 Å². The Morgan fingerprint density at radius 3 is 2.48 bits per heavy atom. The molecule has 0 saturated heterocycles. The summed E-state index contributed by atoms with van der Waals surface area (Å²) in [6, 6.07) is 13.3. The Labute approximate surface area is 137 Å². The van der Waals surface area contributed by atoms with Gasteiger partial charge in [-0.1, -0.05) is 41.9 Å². The highest BCUT2D eigenvalue weighted by molar-refractivity contribution is 6.31. The fourth-order valence-electron chi connectivity index (χ4n) is 2.51. The number of halogens is 1. The second-order valence-electron chi connectivity index (χ2n) is 5.13. The van der Waals surface area contributed by atoms with Gasteiger partial charge in [-0.05, 0) is 18.2 Å². The molecule has 2 aromatic carbocycles. The molecule has 1 heterocycles. The van der Waals surface area contributed by atoms with Gasteiger partial charge in [0.15, 0.2) is 0 Å². The number of hydrogen-bond donors (Lipinski definition) is 2. The first-order valence-corrected chi connectivity index (χ1v) is 7.31. The molecule has 0 radical (unpaired) electrons. The number of carbonyl (C=O) groups is 2. The van der Waals surface area contributed by atoms with Gasteiger partial charge in [-0.3, -0.25) is 9.69 Å². The van der Waals surface area contributed by atoms with E-state index in [1.165, 1.54) is 11.9 Å². The molecule has 3 N–H and O–H groups in total. The lowest BCUT2D eigenvalue weighted by Crippen LogP contribution is -2.32. The Kier molecular flexibility index (Phi) is 3.80. The number of nitrogens with two attached hydrogens (primary N) is 1. The van der Waals surface area contributed by atoms with Crippen molar-refractivity contribution in [1.29, 1.82) is 0 Å². The third kappa shape index (κ3) is 2.66. The quantitative estimate of drug-likeness (QED) is 0.721. The van der Waals surface area contributed by atoms with Gasteiger partial charge in [0.1, 0.15) is 5.69 Å². The van der Waals surface area contributed by atoms with E-state index in [0.717, 1.165) is 0 Å². The largest absolute Gasteiger partial charge is 0.351 e. The summed E-state index contributed by atoms with van der Waals surface area (Å²) in [7, 11) is 1.53. The second kappa shape index (κ2) is 5.78. The smallest absolute Gasteiger partial charge is 0.319 e. The number of fused-ring (bicyclic) bond motifs is 1. The maximum absolute atomic E-state index is 12.8. The molecule has 116 valence electrons. The number of primary amides is 1. The van der Waals surface area contributed by atoms with Crippen molar-refractivity contribution >= 4 is 40.0 Å². The molecule has 0 saturated carbocycles. The number of amides is 2. The van der Waals surface area contributed by atoms with Crippen LogP contribution in [0.2, 0.25) is 5.02 Å². The minimum Gasteiger partial charge on any atom is -0.351 e. The van der Waals surface area contributed by atoms with Crippen LogP contribution in [-0.4, -0.2) is 23.8 Å². The van der Waals surface area contributed by atoms with Crippen molar-refractivity contribution in [3.63, 3.8) is 0 Å². The average molecular weight is 328 g/mol. The number of carbonyl (C=O) groups excluding carboxylic acids is 2. The summed E-state index contributed by atoms with van der Waals surface area (Å²) >= 11 is 6.01. The van der Waals surface area contributed by atoms with E-state index in [2.05, 4.69) is 4.98 Å². The molecule has 0 aliphatic rings. The van der Waals surface area contributed by atoms with Crippen molar-refractivity contribution in [3.05, 3.63) is 64.8 Å². The molecular weight excluding hydrogens is 314 g/mol. The van der Waals surface area contributed by atoms with Gasteiger partial charge in [-0.15, -0.1) is 0 Å². The maximum atomic E-state index is 12.8. The molecule has 3 rings (SSSR count). The number of ketones is 1. The predicted octanol–water partition coefficient (Wildman–Crippen LogP) is 3.57. The minimum atomic E-state index is -0.650. The standard InChI is InChI=1S/C17H14ClN3O2/c1-21(17(19)23)15-12-8-7-11(18)9-13(12)20-14(15)16(22)10-5-3-2-4-6-10/h2-9,20H,1H3,(H2,19,23). The number of anilines is 1. The summed E-state index contributed by atoms with van der Waals surface area (Å²) in [5.74, 6) is -0.221. The van der Waals surface area contributed by atoms with Crippen LogP contribution in [0.15, 0.2) is 48.5 Å². The van der Waals surface area contributed by atoms with Crippen LogP contribution in [0, 0.1) is 0 Å². The number of hydrogen-bond acceptors (Lipinski definition) is 2. The van der Waals surface area contributed by atoms with Crippen molar-refractivity contribution < 1.29 is 9.59 Å². The number of nitrogens with zero attached hydrogens (tertiary/aromatic N) is 1. The summed E-state index contributed by atoms with van der Waals surface area (Å²) < 4.78 is 0. The summed E-state index contributed by atoms with van der Waals surface area (Å²) in [6.07, 6.45) is 0. The number of urea groups is 1. The molecule has 0 bridgehead atoms. The molecule has 23 heavy (non-hydrogen) atoms. The van der Waals surface area contributed by atoms with Gasteiger partial charge in [-0.2, -0.15) is 0 Å². The summed E-state index contributed by atoms with van der Waals surface area (Å²) in [5.41, 5.74) is 7.32. The highest BCUT2D eigenvalue weighted by Crippen LogP contribution is 2.33. The summed E-state index contributed by atoms with van der Waals surface area (Å²) in [5, 5.41) is 1.24. The lowest BCUT2D eigenvalue weighted by molar-refractivity contribution is 0.103. The lowest BCUT2D eigenvalue weighted by Gasteiger charge is -2.15. The van der Waals surface area contributed by atoms with E-state index >= 15 is 0 Å². The zero-order chi connectivity index (χ0) is 16.6. The second-order valence-corrected chi connectivity index (χ2v) is 5.57. The monoisotopic (exact) mass is 327 g/mol. The van der Waals surface area contributed by atoms with Gasteiger partial charge in [0.05, 0.1) is 5.69 Å². The normalized spacial score (nSPS) is 10.7. The van der Waals surface area contributed by atoms with E-state index in [0.29, 0.717) is 32.9 Å². The predicted molar refractivity (Wildman–Crippen MR) is 91.2 cm³/mol. The van der Waals surface area contributed by atoms with Crippen molar-refractivity contribution in [1.82, 2.24) is 4.98 Å². The van der Waals surface area contributed by atoms with Crippen LogP contribution in [-0.2, 0) is 0 Å². The first-order valence-electron chi connectivity index (χ1n) is 6.93. The first kappa shape index (κ1) is 15.1. The molecule has 0 aliphatic heterocycles. The zero-order valence-corrected chi connectivity index (χ0v) is 13.1. The molecule has 2 amide bonds. The third-order valence-corrected chi connectivity index (χ3v) is 3.90. The fraction of sp³-hybridized carbons (Fsp3) is 0.0588. The number of aromatic nitrogens is 1. The van der Waals surface area contributed by atoms with Crippen LogP contribution in [0.25, 0.3) is 10.9 Å². The van der Waals surface area contributed by atoms with Crippen molar-refractivity contribution in [2.45, 2.75) is 0 Å². The Hall–Kier alpha value is -2.79. The van der Waals surface area contributed by atoms with Gasteiger partial charge in [0, 0.05) is 28.5 Å². The molecule has 5 nitrogen and oxygen atoms in total. The Morgan fingerprint density at radius 1 is 1.13 bits per heavy atom. The Morgan fingerprint density at radius 2 is 1.83 bits per heavy atom. The highest BCUT2D eigenvalue weighted by atomic mass is 35.5. The van der Waals surface area contributed by atoms with Crippen LogP contribution < -0.4 is 10.6 Å². The van der Waals surface area contributed by atoms with E-state index in [9.17, 15) is 9.59 Å². The van der Waals surface area contributed by atoms with Crippen molar-refractivity contribution in [2.75, 3.05) is 11.9 Å². The topological polar surface area (TPSA) is 79.2 Å². The number of benzene rings is 2. The number of rotatable bonds is 3. The third-order valence-electron chi connectivity index (χ3n) is 3.66. The molecule has 0 spiro atoms. The van der Waals surface area contributed by atoms with E-state index in [4.69, 9.17) is 17.3 Å². The van der Waals surface area contributed by atoms with Gasteiger partial charge in [0.2, 0.25) is 5.78 Å². The van der Waals surface area contributed by atoms with Crippen LogP contribution in [0.1, 0.15) is 16.1 Å². The van der Waals surface area contributed by atoms with E-state index < -0.39 is 6.03 Å². The minimum absolute atomic E-state index is 0.221. The van der Waals surface area contributed by atoms with Crippen LogP contribution in [0.3, 0.4) is 0 Å². The molecular formula is C17H14ClN3O2. The first-order chi connectivity index (χ1) is 11.0. The molecule has 3 aromatic rings. The van der Waals surface area contributed by atoms with Gasteiger partial charge in [-0.25, -0.2) is 4.79 Å². The lowest BCUT2D eigenvalue weighted by atomic mass is 10.1. The van der Waals surface area contributed by atoms with Gasteiger partial charge in [0.25, 0.3) is 0 Å². The average Bonchev–Trinajstić information content (AvgIpc) is 2.92. The van der Waals surface area contributed by atoms with Crippen LogP contribution >= 0.6 is 11.6 Å². The summed E-state index contributed by atoms with van der Waals surface area (Å²) in [4.78, 5) is 28.7. The Balaban J connectivity index is 2.25. The van der Waals surface area contributed by atoms with E-state index in [1.807, 2.05) is 6.07 Å².